The van der Waals surface area contributed by atoms with E-state index in [9.17, 15) is 4.79 Å². The lowest BCUT2D eigenvalue weighted by molar-refractivity contribution is 0.182. The Hall–Kier alpha value is -1.23. The molecular formula is C17H25N3OS. The number of carbonyl (C=O) groups excluding carboxylic acids is 1. The Bertz CT molecular complexity index is 496. The van der Waals surface area contributed by atoms with Gasteiger partial charge >= 0.3 is 6.03 Å². The number of nitrogens with one attached hydrogen (secondary N) is 1. The summed E-state index contributed by atoms with van der Waals surface area (Å²) >= 11 is 2.09. The molecule has 0 bridgehead atoms. The van der Waals surface area contributed by atoms with Gasteiger partial charge in [0.25, 0.3) is 0 Å². The molecule has 1 saturated carbocycles. The van der Waals surface area contributed by atoms with Crippen LogP contribution in [0.3, 0.4) is 0 Å². The monoisotopic (exact) mass is 319 g/mol. The Balaban J connectivity index is 1.60. The van der Waals surface area contributed by atoms with Gasteiger partial charge in [0.05, 0.1) is 11.7 Å². The maximum Gasteiger partial charge on any atom is 0.317 e. The van der Waals surface area contributed by atoms with Crippen molar-refractivity contribution in [3.05, 3.63) is 30.1 Å². The molecule has 1 saturated heterocycles. The molecule has 1 aliphatic carbocycles. The van der Waals surface area contributed by atoms with E-state index < -0.39 is 0 Å². The van der Waals surface area contributed by atoms with Crippen LogP contribution in [0.5, 0.6) is 0 Å². The van der Waals surface area contributed by atoms with Crippen LogP contribution < -0.4 is 5.32 Å². The van der Waals surface area contributed by atoms with Crippen LogP contribution in [0.1, 0.15) is 50.8 Å². The Labute approximate surface area is 137 Å². The van der Waals surface area contributed by atoms with Gasteiger partial charge in [0.2, 0.25) is 0 Å². The SMILES string of the molecule is C[C@H](NC(=O)N1CCSC2(CCCCC2)C1)c1ccccn1. The Kier molecular flexibility index (Phi) is 4.91. The smallest absolute Gasteiger partial charge is 0.317 e. The zero-order valence-corrected chi connectivity index (χ0v) is 14.1. The summed E-state index contributed by atoms with van der Waals surface area (Å²) < 4.78 is 0.322. The van der Waals surface area contributed by atoms with Crippen LogP contribution in [0.15, 0.2) is 24.4 Å². The number of carbonyl (C=O) groups is 1. The first-order valence-electron chi connectivity index (χ1n) is 8.29. The van der Waals surface area contributed by atoms with Gasteiger partial charge in [0.1, 0.15) is 0 Å². The first-order chi connectivity index (χ1) is 10.7. The molecule has 0 radical (unpaired) electrons. The van der Waals surface area contributed by atoms with E-state index in [1.807, 2.05) is 30.0 Å². The van der Waals surface area contributed by atoms with E-state index in [0.717, 1.165) is 24.5 Å². The number of pyridine rings is 1. The minimum Gasteiger partial charge on any atom is -0.330 e. The molecule has 22 heavy (non-hydrogen) atoms. The number of aromatic nitrogens is 1. The summed E-state index contributed by atoms with van der Waals surface area (Å²) in [5, 5.41) is 3.10. The molecule has 2 amide bonds. The normalized spacial score (nSPS) is 22.3. The number of hydrogen-bond donors (Lipinski definition) is 1. The van der Waals surface area contributed by atoms with Gasteiger partial charge in [0, 0.05) is 29.8 Å². The van der Waals surface area contributed by atoms with Crippen molar-refractivity contribution in [1.29, 1.82) is 0 Å². The summed E-state index contributed by atoms with van der Waals surface area (Å²) in [7, 11) is 0. The van der Waals surface area contributed by atoms with Crippen LogP contribution in [-0.4, -0.2) is 39.5 Å². The largest absolute Gasteiger partial charge is 0.330 e. The maximum absolute atomic E-state index is 12.6. The van der Waals surface area contributed by atoms with Crippen molar-refractivity contribution in [3.8, 4) is 0 Å². The van der Waals surface area contributed by atoms with Gasteiger partial charge in [-0.25, -0.2) is 4.79 Å². The van der Waals surface area contributed by atoms with Gasteiger partial charge in [-0.05, 0) is 31.9 Å². The average molecular weight is 319 g/mol. The Morgan fingerprint density at radius 1 is 1.36 bits per heavy atom. The topological polar surface area (TPSA) is 45.2 Å². The second-order valence-corrected chi connectivity index (χ2v) is 8.00. The third-order valence-electron chi connectivity index (χ3n) is 4.77. The van der Waals surface area contributed by atoms with Crippen LogP contribution in [-0.2, 0) is 0 Å². The van der Waals surface area contributed by atoms with E-state index in [4.69, 9.17) is 0 Å². The van der Waals surface area contributed by atoms with E-state index in [-0.39, 0.29) is 12.1 Å². The van der Waals surface area contributed by atoms with Crippen LogP contribution in [0.25, 0.3) is 0 Å². The highest BCUT2D eigenvalue weighted by molar-refractivity contribution is 8.00. The summed E-state index contributed by atoms with van der Waals surface area (Å²) in [6.45, 7) is 3.75. The van der Waals surface area contributed by atoms with Crippen LogP contribution in [0.2, 0.25) is 0 Å². The van der Waals surface area contributed by atoms with E-state index >= 15 is 0 Å². The van der Waals surface area contributed by atoms with Crippen molar-refractivity contribution in [2.24, 2.45) is 0 Å². The number of nitrogens with zero attached hydrogens (tertiary/aromatic N) is 2. The fraction of sp³-hybridized carbons (Fsp3) is 0.647. The molecule has 1 aromatic heterocycles. The fourth-order valence-electron chi connectivity index (χ4n) is 3.50. The minimum absolute atomic E-state index is 0.0504. The molecule has 2 aliphatic rings. The minimum atomic E-state index is -0.0504. The molecule has 120 valence electrons. The summed E-state index contributed by atoms with van der Waals surface area (Å²) in [5.74, 6) is 1.06. The van der Waals surface area contributed by atoms with Crippen LogP contribution in [0.4, 0.5) is 4.79 Å². The van der Waals surface area contributed by atoms with E-state index in [0.29, 0.717) is 4.75 Å². The quantitative estimate of drug-likeness (QED) is 0.906. The summed E-state index contributed by atoms with van der Waals surface area (Å²) in [4.78, 5) is 18.9. The van der Waals surface area contributed by atoms with Gasteiger partial charge in [0.15, 0.2) is 0 Å². The van der Waals surface area contributed by atoms with Crippen molar-refractivity contribution < 1.29 is 4.79 Å². The third kappa shape index (κ3) is 3.57. The van der Waals surface area contributed by atoms with Gasteiger partial charge in [-0.15, -0.1) is 0 Å². The molecule has 1 aliphatic heterocycles. The summed E-state index contributed by atoms with van der Waals surface area (Å²) in [6, 6.07) is 5.82. The molecule has 1 aromatic rings. The van der Waals surface area contributed by atoms with Crippen LogP contribution >= 0.6 is 11.8 Å². The van der Waals surface area contributed by atoms with E-state index in [2.05, 4.69) is 22.1 Å². The number of rotatable bonds is 2. The average Bonchev–Trinajstić information content (AvgIpc) is 2.56. The molecule has 1 N–H and O–H groups in total. The molecule has 2 heterocycles. The first-order valence-corrected chi connectivity index (χ1v) is 9.27. The molecule has 1 spiro atoms. The highest BCUT2D eigenvalue weighted by Gasteiger charge is 2.38. The Morgan fingerprint density at radius 3 is 2.91 bits per heavy atom. The molecule has 0 unspecified atom stereocenters. The zero-order valence-electron chi connectivity index (χ0n) is 13.3. The van der Waals surface area contributed by atoms with Crippen molar-refractivity contribution in [2.45, 2.75) is 49.8 Å². The molecule has 0 aromatic carbocycles. The highest BCUT2D eigenvalue weighted by atomic mass is 32.2. The van der Waals surface area contributed by atoms with Gasteiger partial charge in [-0.2, -0.15) is 11.8 Å². The summed E-state index contributed by atoms with van der Waals surface area (Å²) in [6.07, 6.45) is 8.27. The standard InChI is InChI=1S/C17H25N3OS/c1-14(15-7-3-6-10-18-15)19-16(21)20-11-12-22-17(13-20)8-4-2-5-9-17/h3,6-7,10,14H,2,4-5,8-9,11-13H2,1H3,(H,19,21)/t14-/m0/s1. The Morgan fingerprint density at radius 2 is 2.18 bits per heavy atom. The van der Waals surface area contributed by atoms with Crippen LogP contribution in [0, 0.1) is 0 Å². The zero-order chi connectivity index (χ0) is 15.4. The first kappa shape index (κ1) is 15.7. The number of urea groups is 1. The lowest BCUT2D eigenvalue weighted by atomic mass is 9.87. The second kappa shape index (κ2) is 6.90. The fourth-order valence-corrected chi connectivity index (χ4v) is 5.07. The molecule has 5 heteroatoms. The predicted molar refractivity (Wildman–Crippen MR) is 91.0 cm³/mol. The van der Waals surface area contributed by atoms with Gasteiger partial charge in [-0.1, -0.05) is 25.3 Å². The number of thioether (sulfide) groups is 1. The molecular weight excluding hydrogens is 294 g/mol. The van der Waals surface area contributed by atoms with Crippen molar-refractivity contribution in [2.75, 3.05) is 18.8 Å². The van der Waals surface area contributed by atoms with Crippen molar-refractivity contribution >= 4 is 17.8 Å². The van der Waals surface area contributed by atoms with E-state index in [1.165, 1.54) is 32.1 Å². The third-order valence-corrected chi connectivity index (χ3v) is 6.31. The van der Waals surface area contributed by atoms with E-state index in [1.54, 1.807) is 6.20 Å². The lowest BCUT2D eigenvalue weighted by Gasteiger charge is -2.44. The number of amides is 2. The summed E-state index contributed by atoms with van der Waals surface area (Å²) in [5.41, 5.74) is 0.912. The second-order valence-electron chi connectivity index (χ2n) is 6.44. The molecule has 1 atom stereocenters. The molecule has 2 fully saturated rings. The van der Waals surface area contributed by atoms with Gasteiger partial charge in [-0.3, -0.25) is 4.98 Å². The maximum atomic E-state index is 12.6. The molecule has 4 nitrogen and oxygen atoms in total. The molecule has 3 rings (SSSR count). The highest BCUT2D eigenvalue weighted by Crippen LogP contribution is 2.42. The van der Waals surface area contributed by atoms with Crippen molar-refractivity contribution in [3.63, 3.8) is 0 Å². The van der Waals surface area contributed by atoms with Crippen molar-refractivity contribution in [1.82, 2.24) is 15.2 Å². The lowest BCUT2D eigenvalue weighted by Crippen LogP contribution is -2.53. The van der Waals surface area contributed by atoms with Gasteiger partial charge < -0.3 is 10.2 Å². The number of hydrogen-bond acceptors (Lipinski definition) is 3. The predicted octanol–water partition coefficient (Wildman–Crippen LogP) is 3.60.